The van der Waals surface area contributed by atoms with Crippen LogP contribution in [0.25, 0.3) is 0 Å². The summed E-state index contributed by atoms with van der Waals surface area (Å²) in [6, 6.07) is -1.42. The predicted octanol–water partition coefficient (Wildman–Crippen LogP) is -2.02. The second-order valence-corrected chi connectivity index (χ2v) is 1.68. The molecule has 0 heterocycles. The third-order valence-corrected chi connectivity index (χ3v) is 0.876. The van der Waals surface area contributed by atoms with Crippen LogP contribution in [0.4, 0.5) is 0 Å². The lowest BCUT2D eigenvalue weighted by molar-refractivity contribution is -0.614. The van der Waals surface area contributed by atoms with Crippen molar-refractivity contribution in [1.29, 1.82) is 0 Å². The minimum atomic E-state index is -1.42. The van der Waals surface area contributed by atoms with Crippen LogP contribution in [0.5, 0.6) is 0 Å². The van der Waals surface area contributed by atoms with Gasteiger partial charge in [-0.3, -0.25) is 4.79 Å². The first-order chi connectivity index (χ1) is 4.57. The summed E-state index contributed by atoms with van der Waals surface area (Å²) in [5.74, 6) is -2.70. The molecule has 0 bridgehead atoms. The van der Waals surface area contributed by atoms with Crippen LogP contribution in [0.2, 0.25) is 0 Å². The van der Waals surface area contributed by atoms with Crippen LogP contribution in [0, 0.1) is 5.21 Å². The van der Waals surface area contributed by atoms with E-state index in [0.717, 1.165) is 0 Å². The highest BCUT2D eigenvalue weighted by Gasteiger charge is 2.20. The highest BCUT2D eigenvalue weighted by molar-refractivity contribution is 5.79. The van der Waals surface area contributed by atoms with E-state index < -0.39 is 24.4 Å². The molecule has 58 valence electrons. The first kappa shape index (κ1) is 8.86. The lowest BCUT2D eigenvalue weighted by Crippen LogP contribution is -2.86. The molecule has 0 aliphatic rings. The topological polar surface area (TPSA) is 114 Å². The quantitative estimate of drug-likeness (QED) is 0.399. The third kappa shape index (κ3) is 3.00. The van der Waals surface area contributed by atoms with Crippen LogP contribution in [-0.2, 0) is 9.59 Å². The van der Waals surface area contributed by atoms with Gasteiger partial charge in [0.2, 0.25) is 0 Å². The van der Waals surface area contributed by atoms with Crippen molar-refractivity contribution < 1.29 is 25.3 Å². The molecule has 10 heavy (non-hydrogen) atoms. The summed E-state index contributed by atoms with van der Waals surface area (Å²) in [4.78, 5) is 19.8. The van der Waals surface area contributed by atoms with E-state index in [2.05, 4.69) is 0 Å². The van der Waals surface area contributed by atoms with E-state index in [-0.39, 0.29) is 5.48 Å². The third-order valence-electron chi connectivity index (χ3n) is 0.876. The molecule has 0 aliphatic heterocycles. The van der Waals surface area contributed by atoms with Crippen LogP contribution in [0.15, 0.2) is 0 Å². The van der Waals surface area contributed by atoms with Gasteiger partial charge in [0.15, 0.2) is 6.04 Å². The van der Waals surface area contributed by atoms with E-state index in [1.807, 2.05) is 0 Å². The second kappa shape index (κ2) is 3.80. The molecule has 0 fully saturated rings. The standard InChI is InChI=1S/C4H7NO5/c6-3(7)1-2(5-10)4(8)9/h2H,1,5H2,(H,6,7)(H,8,9)/t2-/m0/s1. The van der Waals surface area contributed by atoms with Crippen molar-refractivity contribution in [2.24, 2.45) is 0 Å². The summed E-state index contributed by atoms with van der Waals surface area (Å²) in [6.45, 7) is 0. The van der Waals surface area contributed by atoms with Gasteiger partial charge in [-0.25, -0.2) is 4.79 Å². The fourth-order valence-electron chi connectivity index (χ4n) is 0.382. The number of quaternary nitrogens is 1. The summed E-state index contributed by atoms with van der Waals surface area (Å²) < 4.78 is 0. The highest BCUT2D eigenvalue weighted by atomic mass is 16.5. The average Bonchev–Trinajstić information content (AvgIpc) is 1.81. The molecule has 6 heteroatoms. The number of aliphatic carboxylic acids is 2. The van der Waals surface area contributed by atoms with Crippen LogP contribution in [0.1, 0.15) is 6.42 Å². The van der Waals surface area contributed by atoms with E-state index in [1.54, 1.807) is 0 Å². The minimum absolute atomic E-state index is 0.108. The molecule has 0 spiro atoms. The van der Waals surface area contributed by atoms with Crippen LogP contribution in [0.3, 0.4) is 0 Å². The van der Waals surface area contributed by atoms with Gasteiger partial charge >= 0.3 is 11.9 Å². The number of hydroxylamine groups is 1. The van der Waals surface area contributed by atoms with E-state index in [9.17, 15) is 14.8 Å². The van der Waals surface area contributed by atoms with Gasteiger partial charge in [-0.15, -0.1) is 0 Å². The van der Waals surface area contributed by atoms with E-state index in [1.165, 1.54) is 0 Å². The summed E-state index contributed by atoms with van der Waals surface area (Å²) in [5.41, 5.74) is 0.108. The van der Waals surface area contributed by atoms with Gasteiger partial charge in [0, 0.05) is 0 Å². The molecular formula is C4H7NO5. The van der Waals surface area contributed by atoms with Gasteiger partial charge in [-0.05, 0) is 0 Å². The van der Waals surface area contributed by atoms with Crippen molar-refractivity contribution in [2.75, 3.05) is 0 Å². The Morgan fingerprint density at radius 2 is 2.00 bits per heavy atom. The first-order valence-corrected chi connectivity index (χ1v) is 2.47. The Bertz CT molecular complexity index is 145. The summed E-state index contributed by atoms with van der Waals surface area (Å²) in [5, 5.41) is 26.0. The Hall–Kier alpha value is -1.14. The Balaban J connectivity index is 3.83. The molecule has 0 aromatic rings. The fourth-order valence-corrected chi connectivity index (χ4v) is 0.382. The lowest BCUT2D eigenvalue weighted by Gasteiger charge is -2.08. The zero-order chi connectivity index (χ0) is 8.15. The van der Waals surface area contributed by atoms with Gasteiger partial charge < -0.3 is 20.9 Å². The molecule has 4 N–H and O–H groups in total. The molecule has 1 atom stereocenters. The van der Waals surface area contributed by atoms with Gasteiger partial charge in [0.1, 0.15) is 6.42 Å². The monoisotopic (exact) mass is 149 g/mol. The molecule has 0 unspecified atom stereocenters. The van der Waals surface area contributed by atoms with E-state index in [4.69, 9.17) is 10.2 Å². The normalized spacial score (nSPS) is 12.5. The lowest BCUT2D eigenvalue weighted by atomic mass is 10.2. The Labute approximate surface area is 56.0 Å². The molecule has 0 amide bonds. The molecular weight excluding hydrogens is 142 g/mol. The van der Waals surface area contributed by atoms with Crippen molar-refractivity contribution in [3.63, 3.8) is 0 Å². The maximum atomic E-state index is 9.97. The minimum Gasteiger partial charge on any atom is -0.635 e. The average molecular weight is 149 g/mol. The highest BCUT2D eigenvalue weighted by Crippen LogP contribution is 1.84. The van der Waals surface area contributed by atoms with Crippen molar-refractivity contribution in [1.82, 2.24) is 0 Å². The number of hydrogen-bond acceptors (Lipinski definition) is 3. The smallest absolute Gasteiger partial charge is 0.363 e. The Morgan fingerprint density at radius 3 is 2.10 bits per heavy atom. The maximum Gasteiger partial charge on any atom is 0.363 e. The van der Waals surface area contributed by atoms with Crippen LogP contribution >= 0.6 is 0 Å². The SMILES string of the molecule is O=C(O)C[C@H]([NH2+][O-])C(=O)O. The zero-order valence-electron chi connectivity index (χ0n) is 4.98. The van der Waals surface area contributed by atoms with Crippen molar-refractivity contribution in [3.8, 4) is 0 Å². The van der Waals surface area contributed by atoms with Gasteiger partial charge in [-0.1, -0.05) is 0 Å². The maximum absolute atomic E-state index is 9.97. The Kier molecular flexibility index (Phi) is 3.37. The van der Waals surface area contributed by atoms with E-state index in [0.29, 0.717) is 0 Å². The largest absolute Gasteiger partial charge is 0.635 e. The van der Waals surface area contributed by atoms with Crippen molar-refractivity contribution in [2.45, 2.75) is 12.5 Å². The molecule has 6 nitrogen and oxygen atoms in total. The number of carboxylic acid groups (broad SMARTS) is 2. The van der Waals surface area contributed by atoms with Crippen molar-refractivity contribution in [3.05, 3.63) is 5.21 Å². The molecule has 0 aromatic carbocycles. The number of hydrogen-bond donors (Lipinski definition) is 3. The number of nitrogens with two attached hydrogens (primary N) is 1. The predicted molar refractivity (Wildman–Crippen MR) is 29.0 cm³/mol. The fraction of sp³-hybridized carbons (Fsp3) is 0.500. The van der Waals surface area contributed by atoms with Crippen LogP contribution in [-0.4, -0.2) is 28.2 Å². The summed E-state index contributed by atoms with van der Waals surface area (Å²) >= 11 is 0. The number of carboxylic acids is 2. The number of rotatable bonds is 4. The molecule has 0 aliphatic carbocycles. The molecule has 0 saturated carbocycles. The van der Waals surface area contributed by atoms with Crippen LogP contribution < -0.4 is 5.48 Å². The number of carbonyl (C=O) groups is 2. The van der Waals surface area contributed by atoms with Gasteiger partial charge in [0.25, 0.3) is 0 Å². The van der Waals surface area contributed by atoms with Gasteiger partial charge in [-0.2, -0.15) is 0 Å². The summed E-state index contributed by atoms with van der Waals surface area (Å²) in [7, 11) is 0. The molecule has 0 saturated heterocycles. The van der Waals surface area contributed by atoms with Gasteiger partial charge in [0.05, 0.1) is 0 Å². The molecule has 0 rings (SSSR count). The summed E-state index contributed by atoms with van der Waals surface area (Å²) in [6.07, 6.45) is -0.654. The molecule has 0 radical (unpaired) electrons. The van der Waals surface area contributed by atoms with Crippen molar-refractivity contribution >= 4 is 11.9 Å². The Morgan fingerprint density at radius 1 is 1.50 bits per heavy atom. The molecule has 0 aromatic heterocycles. The zero-order valence-corrected chi connectivity index (χ0v) is 4.98. The second-order valence-electron chi connectivity index (χ2n) is 1.68. The first-order valence-electron chi connectivity index (χ1n) is 2.47. The van der Waals surface area contributed by atoms with E-state index >= 15 is 0 Å².